The summed E-state index contributed by atoms with van der Waals surface area (Å²) in [6, 6.07) is 0.185. The number of nitrogens with zero attached hydrogens (tertiary/aromatic N) is 1. The first-order valence-electron chi connectivity index (χ1n) is 7.11. The third kappa shape index (κ3) is 7.09. The molecule has 1 aliphatic heterocycles. The van der Waals surface area contributed by atoms with E-state index in [0.717, 1.165) is 32.4 Å². The summed E-state index contributed by atoms with van der Waals surface area (Å²) >= 11 is 0. The van der Waals surface area contributed by atoms with Crippen LogP contribution in [0.25, 0.3) is 0 Å². The summed E-state index contributed by atoms with van der Waals surface area (Å²) in [5, 5.41) is 11.7. The normalized spacial score (nSPS) is 20.9. The van der Waals surface area contributed by atoms with Crippen LogP contribution < -0.4 is 5.32 Å². The summed E-state index contributed by atoms with van der Waals surface area (Å²) in [5.74, 6) is -0.556. The van der Waals surface area contributed by atoms with E-state index in [1.54, 1.807) is 0 Å². The highest BCUT2D eigenvalue weighted by molar-refractivity contribution is 5.75. The maximum atomic E-state index is 11.9. The van der Waals surface area contributed by atoms with E-state index >= 15 is 0 Å². The minimum absolute atomic E-state index is 0.137. The van der Waals surface area contributed by atoms with Crippen LogP contribution in [0.1, 0.15) is 38.5 Å². The van der Waals surface area contributed by atoms with Crippen molar-refractivity contribution >= 4 is 5.91 Å². The van der Waals surface area contributed by atoms with Crippen LogP contribution in [-0.2, 0) is 4.79 Å². The first-order valence-corrected chi connectivity index (χ1v) is 7.11. The number of alkyl halides is 3. The molecule has 0 aromatic heterocycles. The first kappa shape index (κ1) is 17.2. The molecule has 0 unspecified atom stereocenters. The molecule has 1 atom stereocenters. The minimum Gasteiger partial charge on any atom is -0.395 e. The molecule has 1 amide bonds. The number of piperidine rings is 1. The highest BCUT2D eigenvalue weighted by atomic mass is 19.4. The van der Waals surface area contributed by atoms with Gasteiger partial charge in [0.15, 0.2) is 0 Å². The fourth-order valence-electron chi connectivity index (χ4n) is 2.41. The molecule has 0 aliphatic carbocycles. The Morgan fingerprint density at radius 1 is 1.35 bits per heavy atom. The van der Waals surface area contributed by atoms with Crippen molar-refractivity contribution in [3.8, 4) is 0 Å². The summed E-state index contributed by atoms with van der Waals surface area (Å²) < 4.78 is 35.8. The van der Waals surface area contributed by atoms with Crippen molar-refractivity contribution in [2.24, 2.45) is 0 Å². The monoisotopic (exact) mass is 296 g/mol. The smallest absolute Gasteiger partial charge is 0.389 e. The van der Waals surface area contributed by atoms with Crippen LogP contribution in [0.15, 0.2) is 0 Å². The molecule has 20 heavy (non-hydrogen) atoms. The van der Waals surface area contributed by atoms with E-state index in [1.807, 2.05) is 0 Å². The van der Waals surface area contributed by atoms with Crippen molar-refractivity contribution in [2.45, 2.75) is 50.7 Å². The van der Waals surface area contributed by atoms with Crippen LogP contribution in [-0.4, -0.2) is 54.4 Å². The second-order valence-corrected chi connectivity index (χ2v) is 5.19. The van der Waals surface area contributed by atoms with Gasteiger partial charge in [-0.25, -0.2) is 0 Å². The molecule has 1 fully saturated rings. The van der Waals surface area contributed by atoms with Gasteiger partial charge in [-0.1, -0.05) is 6.42 Å². The summed E-state index contributed by atoms with van der Waals surface area (Å²) in [4.78, 5) is 13.4. The molecule has 0 aromatic carbocycles. The first-order chi connectivity index (χ1) is 9.42. The van der Waals surface area contributed by atoms with Crippen molar-refractivity contribution < 1.29 is 23.1 Å². The van der Waals surface area contributed by atoms with Gasteiger partial charge < -0.3 is 10.4 Å². The molecular weight excluding hydrogens is 273 g/mol. The lowest BCUT2D eigenvalue weighted by Gasteiger charge is -2.34. The number of likely N-dealkylation sites (tertiary alicyclic amines) is 1. The largest absolute Gasteiger partial charge is 0.395 e. The molecule has 118 valence electrons. The number of nitrogens with one attached hydrogen (secondary N) is 1. The van der Waals surface area contributed by atoms with Gasteiger partial charge >= 0.3 is 6.18 Å². The fraction of sp³-hybridized carbons (Fsp3) is 0.923. The van der Waals surface area contributed by atoms with Gasteiger partial charge in [0.25, 0.3) is 0 Å². The van der Waals surface area contributed by atoms with E-state index in [0.29, 0.717) is 13.0 Å². The highest BCUT2D eigenvalue weighted by Crippen LogP contribution is 2.21. The van der Waals surface area contributed by atoms with E-state index in [2.05, 4.69) is 10.2 Å². The summed E-state index contributed by atoms with van der Waals surface area (Å²) in [7, 11) is 0. The zero-order chi connectivity index (χ0) is 15.0. The van der Waals surface area contributed by atoms with Gasteiger partial charge in [-0.3, -0.25) is 9.69 Å². The quantitative estimate of drug-likeness (QED) is 0.703. The van der Waals surface area contributed by atoms with Crippen LogP contribution in [0.2, 0.25) is 0 Å². The number of carbonyl (C=O) groups excluding carboxylic acids is 1. The SMILES string of the molecule is O=C(CCC(F)(F)F)NCCCN1CCCC[C@H]1CO. The van der Waals surface area contributed by atoms with Gasteiger partial charge in [-0.2, -0.15) is 13.2 Å². The van der Waals surface area contributed by atoms with Crippen LogP contribution in [0.3, 0.4) is 0 Å². The number of hydrogen-bond donors (Lipinski definition) is 2. The van der Waals surface area contributed by atoms with Crippen LogP contribution in [0.5, 0.6) is 0 Å². The van der Waals surface area contributed by atoms with Gasteiger partial charge in [0.2, 0.25) is 5.91 Å². The molecule has 0 radical (unpaired) electrons. The van der Waals surface area contributed by atoms with Gasteiger partial charge in [0, 0.05) is 25.6 Å². The maximum Gasteiger partial charge on any atom is 0.389 e. The lowest BCUT2D eigenvalue weighted by atomic mass is 10.0. The van der Waals surface area contributed by atoms with Crippen molar-refractivity contribution in [1.82, 2.24) is 10.2 Å². The molecule has 1 rings (SSSR count). The van der Waals surface area contributed by atoms with Crippen molar-refractivity contribution in [2.75, 3.05) is 26.2 Å². The van der Waals surface area contributed by atoms with Crippen molar-refractivity contribution in [3.05, 3.63) is 0 Å². The standard InChI is InChI=1S/C13H23F3N2O2/c14-13(15,16)6-5-12(20)17-7-3-9-18-8-2-1-4-11(18)10-19/h11,19H,1-10H2,(H,17,20)/t11-/m0/s1. The van der Waals surface area contributed by atoms with E-state index in [9.17, 15) is 23.1 Å². The zero-order valence-electron chi connectivity index (χ0n) is 11.6. The lowest BCUT2D eigenvalue weighted by Crippen LogP contribution is -2.43. The van der Waals surface area contributed by atoms with Gasteiger partial charge in [-0.05, 0) is 25.8 Å². The maximum absolute atomic E-state index is 11.9. The fourth-order valence-corrected chi connectivity index (χ4v) is 2.41. The Morgan fingerprint density at radius 2 is 2.10 bits per heavy atom. The number of halogens is 3. The van der Waals surface area contributed by atoms with E-state index < -0.39 is 24.9 Å². The number of aliphatic hydroxyl groups is 1. The van der Waals surface area contributed by atoms with Crippen LogP contribution >= 0.6 is 0 Å². The molecular formula is C13H23F3N2O2. The number of carbonyl (C=O) groups is 1. The Bertz CT molecular complexity index is 298. The zero-order valence-corrected chi connectivity index (χ0v) is 11.6. The van der Waals surface area contributed by atoms with Crippen molar-refractivity contribution in [1.29, 1.82) is 0 Å². The second kappa shape index (κ2) is 8.46. The van der Waals surface area contributed by atoms with E-state index in [4.69, 9.17) is 0 Å². The summed E-state index contributed by atoms with van der Waals surface area (Å²) in [5.41, 5.74) is 0. The van der Waals surface area contributed by atoms with Crippen LogP contribution in [0.4, 0.5) is 13.2 Å². The lowest BCUT2D eigenvalue weighted by molar-refractivity contribution is -0.144. The Hall–Kier alpha value is -0.820. The Morgan fingerprint density at radius 3 is 2.75 bits per heavy atom. The number of rotatable bonds is 7. The average molecular weight is 296 g/mol. The Labute approximate surface area is 117 Å². The number of amides is 1. The average Bonchev–Trinajstić information content (AvgIpc) is 2.41. The third-order valence-corrected chi connectivity index (χ3v) is 3.54. The predicted octanol–water partition coefficient (Wildman–Crippen LogP) is 1.68. The molecule has 1 aliphatic rings. The molecule has 0 spiro atoms. The summed E-state index contributed by atoms with van der Waals surface area (Å²) in [6.07, 6.45) is -1.96. The highest BCUT2D eigenvalue weighted by Gasteiger charge is 2.27. The topological polar surface area (TPSA) is 52.6 Å². The molecule has 0 bridgehead atoms. The van der Waals surface area contributed by atoms with Crippen molar-refractivity contribution in [3.63, 3.8) is 0 Å². The van der Waals surface area contributed by atoms with E-state index in [-0.39, 0.29) is 12.6 Å². The molecule has 0 aromatic rings. The van der Waals surface area contributed by atoms with Gasteiger partial charge in [-0.15, -0.1) is 0 Å². The number of hydrogen-bond acceptors (Lipinski definition) is 3. The molecule has 1 heterocycles. The molecule has 1 saturated heterocycles. The third-order valence-electron chi connectivity index (χ3n) is 3.54. The molecule has 2 N–H and O–H groups in total. The molecule has 4 nitrogen and oxygen atoms in total. The van der Waals surface area contributed by atoms with Gasteiger partial charge in [0.05, 0.1) is 13.0 Å². The minimum atomic E-state index is -4.28. The predicted molar refractivity (Wildman–Crippen MR) is 69.2 cm³/mol. The second-order valence-electron chi connectivity index (χ2n) is 5.19. The summed E-state index contributed by atoms with van der Waals surface area (Å²) in [6.45, 7) is 2.21. The van der Waals surface area contributed by atoms with Gasteiger partial charge in [0.1, 0.15) is 0 Å². The number of aliphatic hydroxyl groups excluding tert-OH is 1. The van der Waals surface area contributed by atoms with Crippen LogP contribution in [0, 0.1) is 0 Å². The molecule has 7 heteroatoms. The Balaban J connectivity index is 2.10. The molecule has 0 saturated carbocycles. The Kier molecular flexibility index (Phi) is 7.29. The van der Waals surface area contributed by atoms with E-state index in [1.165, 1.54) is 0 Å².